The largest absolute Gasteiger partial charge is 0.448 e. The molecule has 0 aliphatic heterocycles. The van der Waals surface area contributed by atoms with Gasteiger partial charge in [0.15, 0.2) is 11.8 Å². The number of nitrogens with zero attached hydrogens (tertiary/aromatic N) is 1. The van der Waals surface area contributed by atoms with Gasteiger partial charge in [0, 0.05) is 6.04 Å². The molecule has 0 spiro atoms. The van der Waals surface area contributed by atoms with Gasteiger partial charge in [-0.05, 0) is 37.8 Å². The molecule has 126 valence electrons. The van der Waals surface area contributed by atoms with Crippen LogP contribution < -0.4 is 5.32 Å². The zero-order valence-corrected chi connectivity index (χ0v) is 14.7. The van der Waals surface area contributed by atoms with Gasteiger partial charge in [0.25, 0.3) is 5.91 Å². The van der Waals surface area contributed by atoms with Gasteiger partial charge in [-0.15, -0.1) is 0 Å². The van der Waals surface area contributed by atoms with Crippen LogP contribution in [0.15, 0.2) is 12.1 Å². The van der Waals surface area contributed by atoms with E-state index in [9.17, 15) is 9.59 Å². The highest BCUT2D eigenvalue weighted by Gasteiger charge is 2.27. The van der Waals surface area contributed by atoms with Crippen LogP contribution in [-0.4, -0.2) is 29.0 Å². The van der Waals surface area contributed by atoms with E-state index in [4.69, 9.17) is 27.9 Å². The number of pyridine rings is 1. The molecule has 0 bridgehead atoms. The van der Waals surface area contributed by atoms with Gasteiger partial charge in [-0.25, -0.2) is 9.78 Å². The second kappa shape index (κ2) is 7.97. The molecular weight excluding hydrogens is 339 g/mol. The van der Waals surface area contributed by atoms with Gasteiger partial charge in [0.2, 0.25) is 0 Å². The van der Waals surface area contributed by atoms with E-state index in [1.807, 2.05) is 0 Å². The molecule has 2 rings (SSSR count). The number of hydrogen-bond donors (Lipinski definition) is 1. The number of amides is 1. The first-order chi connectivity index (χ1) is 10.9. The van der Waals surface area contributed by atoms with Crippen molar-refractivity contribution in [2.24, 2.45) is 5.92 Å². The zero-order chi connectivity index (χ0) is 17.0. The van der Waals surface area contributed by atoms with Crippen LogP contribution in [0.4, 0.5) is 0 Å². The Balaban J connectivity index is 1.94. The Labute approximate surface area is 145 Å². The topological polar surface area (TPSA) is 68.3 Å². The molecule has 3 atom stereocenters. The molecule has 1 aromatic heterocycles. The van der Waals surface area contributed by atoms with Gasteiger partial charge in [0.05, 0.1) is 5.02 Å². The summed E-state index contributed by atoms with van der Waals surface area (Å²) in [5.41, 5.74) is -0.0927. The molecule has 1 N–H and O–H groups in total. The van der Waals surface area contributed by atoms with Crippen molar-refractivity contribution >= 4 is 35.1 Å². The summed E-state index contributed by atoms with van der Waals surface area (Å²) >= 11 is 11.7. The minimum Gasteiger partial charge on any atom is -0.448 e. The van der Waals surface area contributed by atoms with Gasteiger partial charge in [-0.1, -0.05) is 43.0 Å². The monoisotopic (exact) mass is 358 g/mol. The molecular formula is C16H20Cl2N2O3. The predicted octanol–water partition coefficient (Wildman–Crippen LogP) is 3.63. The van der Waals surface area contributed by atoms with E-state index >= 15 is 0 Å². The normalized spacial score (nSPS) is 22.3. The molecule has 0 saturated heterocycles. The maximum Gasteiger partial charge on any atom is 0.359 e. The zero-order valence-electron chi connectivity index (χ0n) is 13.1. The Kier molecular flexibility index (Phi) is 6.25. The summed E-state index contributed by atoms with van der Waals surface area (Å²) in [6.07, 6.45) is 3.42. The smallest absolute Gasteiger partial charge is 0.359 e. The highest BCUT2D eigenvalue weighted by molar-refractivity contribution is 6.34. The first kappa shape index (κ1) is 18.0. The van der Waals surface area contributed by atoms with Crippen LogP contribution in [0.5, 0.6) is 0 Å². The van der Waals surface area contributed by atoms with E-state index in [1.54, 1.807) is 0 Å². The van der Waals surface area contributed by atoms with Gasteiger partial charge in [-0.3, -0.25) is 4.79 Å². The van der Waals surface area contributed by atoms with E-state index in [0.29, 0.717) is 5.92 Å². The lowest BCUT2D eigenvalue weighted by Gasteiger charge is -2.30. The van der Waals surface area contributed by atoms with Gasteiger partial charge >= 0.3 is 5.97 Å². The Morgan fingerprint density at radius 2 is 2.00 bits per heavy atom. The number of nitrogens with one attached hydrogen (secondary N) is 1. The highest BCUT2D eigenvalue weighted by Crippen LogP contribution is 2.24. The van der Waals surface area contributed by atoms with Crippen molar-refractivity contribution in [2.75, 3.05) is 0 Å². The van der Waals surface area contributed by atoms with E-state index in [2.05, 4.69) is 17.2 Å². The number of rotatable bonds is 4. The molecule has 23 heavy (non-hydrogen) atoms. The second-order valence-electron chi connectivity index (χ2n) is 5.89. The quantitative estimate of drug-likeness (QED) is 0.659. The molecule has 1 amide bonds. The lowest BCUT2D eigenvalue weighted by Crippen LogP contribution is -2.46. The predicted molar refractivity (Wildman–Crippen MR) is 88.7 cm³/mol. The molecule has 1 aliphatic rings. The molecule has 1 aromatic rings. The minimum absolute atomic E-state index is 0.0927. The van der Waals surface area contributed by atoms with Gasteiger partial charge in [0.1, 0.15) is 5.15 Å². The summed E-state index contributed by atoms with van der Waals surface area (Å²) in [6, 6.07) is 3.06. The number of hydrogen-bond acceptors (Lipinski definition) is 4. The maximum atomic E-state index is 12.2. The first-order valence-electron chi connectivity index (χ1n) is 7.72. The molecule has 0 radical (unpaired) electrons. The number of ether oxygens (including phenoxy) is 1. The van der Waals surface area contributed by atoms with E-state index in [0.717, 1.165) is 19.3 Å². The second-order valence-corrected chi connectivity index (χ2v) is 6.68. The van der Waals surface area contributed by atoms with Gasteiger partial charge < -0.3 is 10.1 Å². The average molecular weight is 359 g/mol. The van der Waals surface area contributed by atoms with Crippen LogP contribution in [0.2, 0.25) is 10.2 Å². The van der Waals surface area contributed by atoms with Crippen molar-refractivity contribution in [1.82, 2.24) is 10.3 Å². The molecule has 0 unspecified atom stereocenters. The Hall–Kier alpha value is -1.33. The third-order valence-corrected chi connectivity index (χ3v) is 4.61. The molecule has 1 aliphatic carbocycles. The number of carbonyl (C=O) groups excluding carboxylic acids is 2. The molecule has 1 saturated carbocycles. The first-order valence-corrected chi connectivity index (χ1v) is 8.47. The maximum absolute atomic E-state index is 12.2. The molecule has 5 nitrogen and oxygen atoms in total. The van der Waals surface area contributed by atoms with Crippen LogP contribution in [0, 0.1) is 5.92 Å². The molecule has 1 fully saturated rings. The van der Waals surface area contributed by atoms with Crippen molar-refractivity contribution in [3.05, 3.63) is 28.0 Å². The SMILES string of the molecule is C[C@H](OC(=O)c1nc(Cl)ccc1Cl)C(=O)N[C@@H]1CCCC[C@@H]1C. The fraction of sp³-hybridized carbons (Fsp3) is 0.562. The number of aromatic nitrogens is 1. The van der Waals surface area contributed by atoms with E-state index < -0.39 is 12.1 Å². The number of carbonyl (C=O) groups is 2. The number of esters is 1. The van der Waals surface area contributed by atoms with Crippen molar-refractivity contribution in [3.63, 3.8) is 0 Å². The molecule has 1 heterocycles. The molecule has 0 aromatic carbocycles. The summed E-state index contributed by atoms with van der Waals surface area (Å²) < 4.78 is 5.15. The highest BCUT2D eigenvalue weighted by atomic mass is 35.5. The summed E-state index contributed by atoms with van der Waals surface area (Å²) in [5.74, 6) is -0.647. The Morgan fingerprint density at radius 3 is 2.70 bits per heavy atom. The fourth-order valence-electron chi connectivity index (χ4n) is 2.66. The summed E-state index contributed by atoms with van der Waals surface area (Å²) in [6.45, 7) is 3.65. The standard InChI is InChI=1S/C16H20Cl2N2O3/c1-9-5-3-4-6-12(9)19-15(21)10(2)23-16(22)14-11(17)7-8-13(18)20-14/h7-10,12H,3-6H2,1-2H3,(H,19,21)/t9-,10-,12+/m0/s1. The van der Waals surface area contributed by atoms with E-state index in [-0.39, 0.29) is 27.8 Å². The van der Waals surface area contributed by atoms with Crippen LogP contribution in [0.1, 0.15) is 50.0 Å². The average Bonchev–Trinajstić information content (AvgIpc) is 2.51. The Bertz CT molecular complexity index is 595. The lowest BCUT2D eigenvalue weighted by molar-refractivity contribution is -0.130. The van der Waals surface area contributed by atoms with Crippen LogP contribution >= 0.6 is 23.2 Å². The van der Waals surface area contributed by atoms with Crippen molar-refractivity contribution < 1.29 is 14.3 Å². The van der Waals surface area contributed by atoms with Crippen molar-refractivity contribution in [2.45, 2.75) is 51.7 Å². The summed E-state index contributed by atoms with van der Waals surface area (Å²) in [4.78, 5) is 28.1. The van der Waals surface area contributed by atoms with Crippen LogP contribution in [0.25, 0.3) is 0 Å². The Morgan fingerprint density at radius 1 is 1.30 bits per heavy atom. The summed E-state index contributed by atoms with van der Waals surface area (Å²) in [5, 5.41) is 3.22. The number of halogens is 2. The fourth-order valence-corrected chi connectivity index (χ4v) is 2.99. The third-order valence-electron chi connectivity index (χ3n) is 4.10. The lowest BCUT2D eigenvalue weighted by atomic mass is 9.86. The molecule has 7 heteroatoms. The van der Waals surface area contributed by atoms with E-state index in [1.165, 1.54) is 25.5 Å². The van der Waals surface area contributed by atoms with Crippen molar-refractivity contribution in [1.29, 1.82) is 0 Å². The van der Waals surface area contributed by atoms with Gasteiger partial charge in [-0.2, -0.15) is 0 Å². The van der Waals surface area contributed by atoms with Crippen molar-refractivity contribution in [3.8, 4) is 0 Å². The van der Waals surface area contributed by atoms with Crippen LogP contribution in [-0.2, 0) is 9.53 Å². The van der Waals surface area contributed by atoms with Crippen LogP contribution in [0.3, 0.4) is 0 Å². The third kappa shape index (κ3) is 4.82. The minimum atomic E-state index is -0.923. The summed E-state index contributed by atoms with van der Waals surface area (Å²) in [7, 11) is 0.